The van der Waals surface area contributed by atoms with Crippen molar-refractivity contribution in [3.8, 4) is 11.5 Å². The van der Waals surface area contributed by atoms with Gasteiger partial charge in [0.2, 0.25) is 0 Å². The number of para-hydroxylation sites is 1. The van der Waals surface area contributed by atoms with Gasteiger partial charge in [0.15, 0.2) is 0 Å². The Balaban J connectivity index is 1.42. The van der Waals surface area contributed by atoms with E-state index in [9.17, 15) is 0 Å². The first-order chi connectivity index (χ1) is 11.3. The molecule has 1 heterocycles. The van der Waals surface area contributed by atoms with Crippen LogP contribution >= 0.6 is 0 Å². The number of hydrogen-bond donors (Lipinski definition) is 1. The Kier molecular flexibility index (Phi) is 5.54. The lowest BCUT2D eigenvalue weighted by atomic mass is 9.99. The molecule has 0 aliphatic carbocycles. The highest BCUT2D eigenvalue weighted by molar-refractivity contribution is 5.47. The summed E-state index contributed by atoms with van der Waals surface area (Å²) in [5, 5.41) is 3.50. The van der Waals surface area contributed by atoms with Crippen LogP contribution in [0.2, 0.25) is 0 Å². The predicted octanol–water partition coefficient (Wildman–Crippen LogP) is 4.62. The van der Waals surface area contributed by atoms with Crippen LogP contribution in [0, 0.1) is 5.92 Å². The first-order valence-corrected chi connectivity index (χ1v) is 8.59. The van der Waals surface area contributed by atoms with Gasteiger partial charge in [-0.05, 0) is 68.2 Å². The molecule has 1 fully saturated rings. The molecule has 0 saturated carbocycles. The summed E-state index contributed by atoms with van der Waals surface area (Å²) in [5.41, 5.74) is 1.15. The third kappa shape index (κ3) is 5.00. The molecule has 1 N–H and O–H groups in total. The van der Waals surface area contributed by atoms with Gasteiger partial charge in [0.25, 0.3) is 0 Å². The van der Waals surface area contributed by atoms with Crippen LogP contribution in [0.25, 0.3) is 0 Å². The monoisotopic (exact) mass is 310 g/mol. The summed E-state index contributed by atoms with van der Waals surface area (Å²) < 4.78 is 5.81. The third-order valence-corrected chi connectivity index (χ3v) is 4.47. The van der Waals surface area contributed by atoms with E-state index in [4.69, 9.17) is 4.74 Å². The fourth-order valence-corrected chi connectivity index (χ4v) is 2.91. The number of rotatable bonds is 6. The van der Waals surface area contributed by atoms with E-state index in [0.717, 1.165) is 36.2 Å². The van der Waals surface area contributed by atoms with Gasteiger partial charge in [-0.15, -0.1) is 0 Å². The molecular weight excluding hydrogens is 284 g/mol. The molecule has 0 unspecified atom stereocenters. The Hall–Kier alpha value is -2.00. The number of hydrogen-bond acceptors (Lipinski definition) is 3. The van der Waals surface area contributed by atoms with Gasteiger partial charge in [-0.1, -0.05) is 25.1 Å². The minimum Gasteiger partial charge on any atom is -0.457 e. The first-order valence-electron chi connectivity index (χ1n) is 8.59. The van der Waals surface area contributed by atoms with Crippen molar-refractivity contribution in [1.82, 2.24) is 4.90 Å². The van der Waals surface area contributed by atoms with Crippen LogP contribution in [-0.2, 0) is 0 Å². The van der Waals surface area contributed by atoms with Gasteiger partial charge in [-0.2, -0.15) is 0 Å². The average Bonchev–Trinajstić information content (AvgIpc) is 2.59. The molecule has 1 aliphatic rings. The zero-order valence-electron chi connectivity index (χ0n) is 13.9. The van der Waals surface area contributed by atoms with E-state index < -0.39 is 0 Å². The minimum absolute atomic E-state index is 0.867. The summed E-state index contributed by atoms with van der Waals surface area (Å²) in [6, 6.07) is 18.1. The fourth-order valence-electron chi connectivity index (χ4n) is 2.91. The van der Waals surface area contributed by atoms with Crippen LogP contribution in [0.5, 0.6) is 11.5 Å². The molecule has 2 aromatic carbocycles. The van der Waals surface area contributed by atoms with E-state index in [0.29, 0.717) is 0 Å². The van der Waals surface area contributed by atoms with E-state index in [-0.39, 0.29) is 0 Å². The van der Waals surface area contributed by atoms with Gasteiger partial charge in [-0.3, -0.25) is 0 Å². The zero-order valence-corrected chi connectivity index (χ0v) is 13.9. The molecular formula is C20H26N2O. The van der Waals surface area contributed by atoms with Crippen LogP contribution < -0.4 is 10.1 Å². The molecule has 0 amide bonds. The molecule has 23 heavy (non-hydrogen) atoms. The van der Waals surface area contributed by atoms with Crippen LogP contribution in [0.15, 0.2) is 54.6 Å². The number of likely N-dealkylation sites (tertiary alicyclic amines) is 1. The van der Waals surface area contributed by atoms with Crippen molar-refractivity contribution in [2.24, 2.45) is 5.92 Å². The largest absolute Gasteiger partial charge is 0.457 e. The summed E-state index contributed by atoms with van der Waals surface area (Å²) in [4.78, 5) is 2.56. The van der Waals surface area contributed by atoms with Crippen molar-refractivity contribution in [3.63, 3.8) is 0 Å². The standard InChI is InChI=1S/C20H26N2O/c1-17-11-14-22(15-12-17)16-13-21-18-7-9-20(10-8-18)23-19-5-3-2-4-6-19/h2-10,17,21H,11-16H2,1H3. The highest BCUT2D eigenvalue weighted by Gasteiger charge is 2.14. The Morgan fingerprint density at radius 1 is 0.957 bits per heavy atom. The lowest BCUT2D eigenvalue weighted by molar-refractivity contribution is 0.199. The molecule has 3 heteroatoms. The van der Waals surface area contributed by atoms with Gasteiger partial charge < -0.3 is 15.0 Å². The average molecular weight is 310 g/mol. The highest BCUT2D eigenvalue weighted by atomic mass is 16.5. The summed E-state index contributed by atoms with van der Waals surface area (Å²) in [6.45, 7) is 6.95. The molecule has 0 spiro atoms. The van der Waals surface area contributed by atoms with Gasteiger partial charge in [-0.25, -0.2) is 0 Å². The van der Waals surface area contributed by atoms with Crippen LogP contribution in [0.1, 0.15) is 19.8 Å². The minimum atomic E-state index is 0.867. The molecule has 3 rings (SSSR count). The Morgan fingerprint density at radius 2 is 1.61 bits per heavy atom. The second kappa shape index (κ2) is 8.02. The van der Waals surface area contributed by atoms with Crippen molar-refractivity contribution in [1.29, 1.82) is 0 Å². The number of piperidine rings is 1. The summed E-state index contributed by atoms with van der Waals surface area (Å²) in [7, 11) is 0. The molecule has 0 aromatic heterocycles. The van der Waals surface area contributed by atoms with E-state index in [1.165, 1.54) is 25.9 Å². The van der Waals surface area contributed by atoms with Crippen molar-refractivity contribution in [2.75, 3.05) is 31.5 Å². The molecule has 1 saturated heterocycles. The topological polar surface area (TPSA) is 24.5 Å². The molecule has 122 valence electrons. The van der Waals surface area contributed by atoms with Gasteiger partial charge in [0.05, 0.1) is 0 Å². The van der Waals surface area contributed by atoms with E-state index in [1.807, 2.05) is 42.5 Å². The van der Waals surface area contributed by atoms with Crippen molar-refractivity contribution < 1.29 is 4.74 Å². The molecule has 0 radical (unpaired) electrons. The smallest absolute Gasteiger partial charge is 0.127 e. The van der Waals surface area contributed by atoms with Gasteiger partial charge in [0.1, 0.15) is 11.5 Å². The number of anilines is 1. The van der Waals surface area contributed by atoms with Crippen LogP contribution in [0.3, 0.4) is 0 Å². The molecule has 0 atom stereocenters. The summed E-state index contributed by atoms with van der Waals surface area (Å²) in [6.07, 6.45) is 2.68. The maximum atomic E-state index is 5.81. The number of nitrogens with one attached hydrogen (secondary N) is 1. The SMILES string of the molecule is CC1CCN(CCNc2ccc(Oc3ccccc3)cc2)CC1. The lowest BCUT2D eigenvalue weighted by Gasteiger charge is -2.30. The quantitative estimate of drug-likeness (QED) is 0.842. The van der Waals surface area contributed by atoms with Gasteiger partial charge in [0, 0.05) is 18.8 Å². The second-order valence-corrected chi connectivity index (χ2v) is 6.39. The van der Waals surface area contributed by atoms with Crippen molar-refractivity contribution in [2.45, 2.75) is 19.8 Å². The van der Waals surface area contributed by atoms with Crippen LogP contribution in [-0.4, -0.2) is 31.1 Å². The Bertz CT molecular complexity index is 574. The lowest BCUT2D eigenvalue weighted by Crippen LogP contribution is -2.36. The Morgan fingerprint density at radius 3 is 2.30 bits per heavy atom. The zero-order chi connectivity index (χ0) is 15.9. The number of benzene rings is 2. The molecule has 3 nitrogen and oxygen atoms in total. The maximum absolute atomic E-state index is 5.81. The molecule has 2 aromatic rings. The van der Waals surface area contributed by atoms with E-state index in [1.54, 1.807) is 0 Å². The second-order valence-electron chi connectivity index (χ2n) is 6.39. The fraction of sp³-hybridized carbons (Fsp3) is 0.400. The normalized spacial score (nSPS) is 16.2. The van der Waals surface area contributed by atoms with E-state index in [2.05, 4.69) is 29.3 Å². The summed E-state index contributed by atoms with van der Waals surface area (Å²) in [5.74, 6) is 2.63. The van der Waals surface area contributed by atoms with Gasteiger partial charge >= 0.3 is 0 Å². The predicted molar refractivity (Wildman–Crippen MR) is 96.3 cm³/mol. The van der Waals surface area contributed by atoms with Crippen molar-refractivity contribution in [3.05, 3.63) is 54.6 Å². The number of nitrogens with zero attached hydrogens (tertiary/aromatic N) is 1. The first kappa shape index (κ1) is 15.9. The number of ether oxygens (including phenoxy) is 1. The summed E-state index contributed by atoms with van der Waals surface area (Å²) >= 11 is 0. The third-order valence-electron chi connectivity index (χ3n) is 4.47. The molecule has 0 bridgehead atoms. The Labute approximate surface area is 139 Å². The van der Waals surface area contributed by atoms with Crippen LogP contribution in [0.4, 0.5) is 5.69 Å². The maximum Gasteiger partial charge on any atom is 0.127 e. The molecule has 1 aliphatic heterocycles. The van der Waals surface area contributed by atoms with E-state index >= 15 is 0 Å². The van der Waals surface area contributed by atoms with Crippen molar-refractivity contribution >= 4 is 5.69 Å². The highest BCUT2D eigenvalue weighted by Crippen LogP contribution is 2.22.